The quantitative estimate of drug-likeness (QED) is 0.161. The minimum atomic E-state index is -0.252. The Morgan fingerprint density at radius 1 is 0.674 bits per heavy atom. The van der Waals surface area contributed by atoms with Crippen LogP contribution >= 0.6 is 0 Å². The van der Waals surface area contributed by atoms with Crippen LogP contribution in [0.2, 0.25) is 0 Å². The van der Waals surface area contributed by atoms with Crippen molar-refractivity contribution >= 4 is 0 Å². The summed E-state index contributed by atoms with van der Waals surface area (Å²) in [6, 6.07) is 17.0. The zero-order chi connectivity index (χ0) is 31.4. The van der Waals surface area contributed by atoms with Gasteiger partial charge in [-0.25, -0.2) is 0 Å². The highest BCUT2D eigenvalue weighted by atomic mass is 16.7. The summed E-state index contributed by atoms with van der Waals surface area (Å²) in [6.07, 6.45) is 11.5. The van der Waals surface area contributed by atoms with E-state index in [2.05, 4.69) is 97.0 Å². The number of rotatable bonds is 18. The maximum Gasteiger partial charge on any atom is 0.197 e. The summed E-state index contributed by atoms with van der Waals surface area (Å²) in [6.45, 7) is 20.2. The van der Waals surface area contributed by atoms with Gasteiger partial charge in [-0.3, -0.25) is 0 Å². The lowest BCUT2D eigenvalue weighted by molar-refractivity contribution is -0.124. The number of hydrogen-bond donors (Lipinski definition) is 0. The molecule has 0 spiro atoms. The smallest absolute Gasteiger partial charge is 0.197 e. The van der Waals surface area contributed by atoms with Crippen molar-refractivity contribution in [1.82, 2.24) is 0 Å². The molecule has 1 saturated carbocycles. The van der Waals surface area contributed by atoms with Crippen LogP contribution in [-0.4, -0.2) is 24.8 Å². The molecule has 4 nitrogen and oxygen atoms in total. The monoisotopic (exact) mass is 594 g/mol. The van der Waals surface area contributed by atoms with Crippen molar-refractivity contribution in [2.24, 2.45) is 11.3 Å². The van der Waals surface area contributed by atoms with E-state index in [-0.39, 0.29) is 24.8 Å². The number of benzene rings is 2. The standard InChI is InChI=1S/C39H62O4/c1-10-28(4)32-15-21-36(22-16-32)41-30(6)40-35(12-3)14-13-27-39(8,9)34-19-25-38(26-20-34)43-31(7)42-37-23-17-33(18-24-37)29(5)11-2/h15-18,21-24,28-31,34-35,38H,10-14,19-20,25-27H2,1-9H3. The lowest BCUT2D eigenvalue weighted by Crippen LogP contribution is -2.33. The average molecular weight is 595 g/mol. The predicted octanol–water partition coefficient (Wildman–Crippen LogP) is 11.4. The van der Waals surface area contributed by atoms with Crippen LogP contribution in [0.1, 0.15) is 149 Å². The molecule has 0 saturated heterocycles. The number of hydrogen-bond acceptors (Lipinski definition) is 4. The first-order valence-electron chi connectivity index (χ1n) is 17.4. The van der Waals surface area contributed by atoms with Gasteiger partial charge >= 0.3 is 0 Å². The summed E-state index contributed by atoms with van der Waals surface area (Å²) in [5, 5.41) is 0. The second-order valence-corrected chi connectivity index (χ2v) is 13.8. The lowest BCUT2D eigenvalue weighted by Gasteiger charge is -2.40. The van der Waals surface area contributed by atoms with E-state index < -0.39 is 0 Å². The van der Waals surface area contributed by atoms with E-state index >= 15 is 0 Å². The van der Waals surface area contributed by atoms with Crippen LogP contribution in [0.4, 0.5) is 0 Å². The van der Waals surface area contributed by atoms with Gasteiger partial charge in [-0.2, -0.15) is 0 Å². The summed E-state index contributed by atoms with van der Waals surface area (Å²) in [5.74, 6) is 3.66. The molecule has 0 radical (unpaired) electrons. The molecule has 0 N–H and O–H groups in total. The SMILES string of the molecule is CCC(CCCC(C)(C)C1CCC(OC(C)Oc2ccc(C(C)CC)cc2)CC1)OC(C)Oc1ccc(C(C)CC)cc1. The van der Waals surface area contributed by atoms with Gasteiger partial charge in [0.05, 0.1) is 12.2 Å². The van der Waals surface area contributed by atoms with Gasteiger partial charge in [0.15, 0.2) is 12.6 Å². The normalized spacial score (nSPS) is 21.0. The van der Waals surface area contributed by atoms with E-state index in [9.17, 15) is 0 Å². The molecular formula is C39H62O4. The molecule has 1 aliphatic carbocycles. The maximum absolute atomic E-state index is 6.33. The zero-order valence-electron chi connectivity index (χ0n) is 28.9. The van der Waals surface area contributed by atoms with Crippen molar-refractivity contribution in [3.63, 3.8) is 0 Å². The molecule has 2 aromatic rings. The molecule has 1 fully saturated rings. The Labute approximate surface area is 264 Å². The highest BCUT2D eigenvalue weighted by Crippen LogP contribution is 2.42. The first-order chi connectivity index (χ1) is 20.5. The van der Waals surface area contributed by atoms with Crippen LogP contribution in [0, 0.1) is 11.3 Å². The van der Waals surface area contributed by atoms with Crippen molar-refractivity contribution in [2.75, 3.05) is 0 Å². The minimum Gasteiger partial charge on any atom is -0.465 e. The van der Waals surface area contributed by atoms with Gasteiger partial charge in [-0.1, -0.05) is 79.2 Å². The first-order valence-corrected chi connectivity index (χ1v) is 17.4. The van der Waals surface area contributed by atoms with Crippen LogP contribution in [0.25, 0.3) is 0 Å². The van der Waals surface area contributed by atoms with Gasteiger partial charge in [-0.05, 0) is 130 Å². The third-order valence-electron chi connectivity index (χ3n) is 10.1. The van der Waals surface area contributed by atoms with E-state index in [0.717, 1.165) is 55.9 Å². The Morgan fingerprint density at radius 2 is 1.16 bits per heavy atom. The molecule has 0 aromatic heterocycles. The highest BCUT2D eigenvalue weighted by Gasteiger charge is 2.34. The van der Waals surface area contributed by atoms with Crippen molar-refractivity contribution in [2.45, 2.75) is 163 Å². The fourth-order valence-corrected chi connectivity index (χ4v) is 6.54. The van der Waals surface area contributed by atoms with Crippen LogP contribution in [0.5, 0.6) is 11.5 Å². The number of ether oxygens (including phenoxy) is 4. The Kier molecular flexibility index (Phi) is 14.4. The molecule has 0 amide bonds. The molecule has 5 unspecified atom stereocenters. The first kappa shape index (κ1) is 35.4. The molecule has 4 heteroatoms. The van der Waals surface area contributed by atoms with Crippen LogP contribution in [0.3, 0.4) is 0 Å². The molecule has 43 heavy (non-hydrogen) atoms. The van der Waals surface area contributed by atoms with Gasteiger partial charge in [0.2, 0.25) is 0 Å². The van der Waals surface area contributed by atoms with Gasteiger partial charge in [0.25, 0.3) is 0 Å². The second-order valence-electron chi connectivity index (χ2n) is 13.8. The van der Waals surface area contributed by atoms with E-state index in [1.54, 1.807) is 0 Å². The van der Waals surface area contributed by atoms with Crippen molar-refractivity contribution in [1.29, 1.82) is 0 Å². The summed E-state index contributed by atoms with van der Waals surface area (Å²) in [4.78, 5) is 0. The van der Waals surface area contributed by atoms with Gasteiger partial charge < -0.3 is 18.9 Å². The third-order valence-corrected chi connectivity index (χ3v) is 10.1. The van der Waals surface area contributed by atoms with E-state index in [4.69, 9.17) is 18.9 Å². The van der Waals surface area contributed by atoms with Crippen molar-refractivity contribution in [3.05, 3.63) is 59.7 Å². The van der Waals surface area contributed by atoms with E-state index in [1.807, 2.05) is 13.8 Å². The largest absolute Gasteiger partial charge is 0.465 e. The zero-order valence-corrected chi connectivity index (χ0v) is 28.9. The second kappa shape index (κ2) is 17.4. The topological polar surface area (TPSA) is 36.9 Å². The molecule has 1 aliphatic rings. The molecule has 0 bridgehead atoms. The minimum absolute atomic E-state index is 0.224. The Hall–Kier alpha value is -2.04. The van der Waals surface area contributed by atoms with Crippen LogP contribution in [-0.2, 0) is 9.47 Å². The molecular weight excluding hydrogens is 532 g/mol. The highest BCUT2D eigenvalue weighted by molar-refractivity contribution is 5.30. The van der Waals surface area contributed by atoms with Crippen LogP contribution < -0.4 is 9.47 Å². The summed E-state index contributed by atoms with van der Waals surface area (Å²) in [7, 11) is 0. The molecule has 242 valence electrons. The molecule has 2 aromatic carbocycles. The third kappa shape index (κ3) is 11.4. The Bertz CT molecular complexity index is 1020. The van der Waals surface area contributed by atoms with Crippen LogP contribution in [0.15, 0.2) is 48.5 Å². The van der Waals surface area contributed by atoms with Crippen molar-refractivity contribution in [3.8, 4) is 11.5 Å². The Morgan fingerprint density at radius 3 is 1.63 bits per heavy atom. The summed E-state index contributed by atoms with van der Waals surface area (Å²) < 4.78 is 24.9. The van der Waals surface area contributed by atoms with E-state index in [1.165, 1.54) is 36.8 Å². The lowest BCUT2D eigenvalue weighted by atomic mass is 9.68. The van der Waals surface area contributed by atoms with Gasteiger partial charge in [0, 0.05) is 0 Å². The van der Waals surface area contributed by atoms with Crippen molar-refractivity contribution < 1.29 is 18.9 Å². The van der Waals surface area contributed by atoms with E-state index in [0.29, 0.717) is 17.3 Å². The fraction of sp³-hybridized carbons (Fsp3) is 0.692. The average Bonchev–Trinajstić information content (AvgIpc) is 3.00. The summed E-state index contributed by atoms with van der Waals surface area (Å²) in [5.41, 5.74) is 3.05. The molecule has 0 heterocycles. The Balaban J connectivity index is 1.36. The molecule has 5 atom stereocenters. The fourth-order valence-electron chi connectivity index (χ4n) is 6.54. The summed E-state index contributed by atoms with van der Waals surface area (Å²) >= 11 is 0. The predicted molar refractivity (Wildman–Crippen MR) is 180 cm³/mol. The van der Waals surface area contributed by atoms with Gasteiger partial charge in [-0.15, -0.1) is 0 Å². The molecule has 0 aliphatic heterocycles. The molecule has 3 rings (SSSR count). The van der Waals surface area contributed by atoms with Gasteiger partial charge in [0.1, 0.15) is 11.5 Å². The maximum atomic E-state index is 6.33.